The van der Waals surface area contributed by atoms with Gasteiger partial charge in [-0.05, 0) is 74.4 Å². The number of aromatic nitrogens is 3. The van der Waals surface area contributed by atoms with Gasteiger partial charge in [0.1, 0.15) is 16.5 Å². The third-order valence-corrected chi connectivity index (χ3v) is 8.11. The fourth-order valence-electron chi connectivity index (χ4n) is 4.41. The molecule has 0 unspecified atom stereocenters. The summed E-state index contributed by atoms with van der Waals surface area (Å²) in [5.74, 6) is 0.242. The van der Waals surface area contributed by atoms with Gasteiger partial charge in [0.25, 0.3) is 5.91 Å². The smallest absolute Gasteiger partial charge is 0.340 e. The van der Waals surface area contributed by atoms with E-state index in [9.17, 15) is 13.2 Å². The highest BCUT2D eigenvalue weighted by Crippen LogP contribution is 2.34. The van der Waals surface area contributed by atoms with Crippen LogP contribution in [0.25, 0.3) is 17.1 Å². The first kappa shape index (κ1) is 31.7. The van der Waals surface area contributed by atoms with Gasteiger partial charge in [0.05, 0.1) is 15.8 Å². The predicted octanol–water partition coefficient (Wildman–Crippen LogP) is 5.21. The molecule has 1 saturated heterocycles. The first-order chi connectivity index (χ1) is 20.5. The van der Waals surface area contributed by atoms with Crippen molar-refractivity contribution in [1.29, 1.82) is 0 Å². The molecule has 0 atom stereocenters. The van der Waals surface area contributed by atoms with E-state index < -0.39 is 15.2 Å². The fraction of sp³-hybridized carbons (Fsp3) is 0.222. The largest absolute Gasteiger partial charge is 0.379 e. The number of rotatable bonds is 7. The van der Waals surface area contributed by atoms with Gasteiger partial charge < -0.3 is 19.5 Å². The third-order valence-electron chi connectivity index (χ3n) is 6.33. The van der Waals surface area contributed by atoms with E-state index in [4.69, 9.17) is 47.7 Å². The number of imidazole rings is 1. The Hall–Kier alpha value is -4.24. The molecule has 226 valence electrons. The van der Waals surface area contributed by atoms with Crippen molar-refractivity contribution in [3.8, 4) is 22.8 Å². The lowest BCUT2D eigenvalue weighted by Gasteiger charge is -2.26. The SMILES string of the molecule is Cc1c(C(=O)NN2CCCCC2)nc(-c2ccc(Cl)cc2Cl)n1-c1ccc(OS(=O)(=O)c2cccnc2)cc1.O=[N+]([O-])[O-]. The summed E-state index contributed by atoms with van der Waals surface area (Å²) in [4.78, 5) is 30.0. The Balaban J connectivity index is 0.000000996. The van der Waals surface area contributed by atoms with E-state index in [0.717, 1.165) is 32.4 Å². The molecule has 0 radical (unpaired) electrons. The van der Waals surface area contributed by atoms with Crippen LogP contribution in [-0.2, 0) is 10.1 Å². The van der Waals surface area contributed by atoms with E-state index >= 15 is 0 Å². The summed E-state index contributed by atoms with van der Waals surface area (Å²) in [5.41, 5.74) is 5.02. The Morgan fingerprint density at radius 2 is 1.72 bits per heavy atom. The lowest BCUT2D eigenvalue weighted by Crippen LogP contribution is -2.45. The van der Waals surface area contributed by atoms with Crippen LogP contribution in [0.15, 0.2) is 71.9 Å². The van der Waals surface area contributed by atoms with Gasteiger partial charge in [-0.15, -0.1) is 0 Å². The predicted molar refractivity (Wildman–Crippen MR) is 159 cm³/mol. The van der Waals surface area contributed by atoms with Crippen LogP contribution in [0.2, 0.25) is 10.0 Å². The van der Waals surface area contributed by atoms with Crippen molar-refractivity contribution in [3.05, 3.63) is 104 Å². The number of nitrogens with one attached hydrogen (secondary N) is 1. The normalized spacial score (nSPS) is 13.5. The Bertz CT molecular complexity index is 1710. The van der Waals surface area contributed by atoms with E-state index in [0.29, 0.717) is 32.8 Å². The molecule has 0 saturated carbocycles. The van der Waals surface area contributed by atoms with Gasteiger partial charge in [-0.3, -0.25) is 19.8 Å². The maximum absolute atomic E-state index is 13.3. The molecule has 3 heterocycles. The maximum Gasteiger partial charge on any atom is 0.340 e. The summed E-state index contributed by atoms with van der Waals surface area (Å²) < 4.78 is 32.3. The Kier molecular flexibility index (Phi) is 10.2. The van der Waals surface area contributed by atoms with Crippen molar-refractivity contribution in [2.24, 2.45) is 0 Å². The van der Waals surface area contributed by atoms with E-state index in [1.165, 1.54) is 36.7 Å². The first-order valence-electron chi connectivity index (χ1n) is 12.8. The van der Waals surface area contributed by atoms with Gasteiger partial charge in [-0.1, -0.05) is 29.6 Å². The highest BCUT2D eigenvalue weighted by molar-refractivity contribution is 7.87. The van der Waals surface area contributed by atoms with Gasteiger partial charge >= 0.3 is 10.1 Å². The zero-order valence-electron chi connectivity index (χ0n) is 22.6. The van der Waals surface area contributed by atoms with Crippen LogP contribution in [0.3, 0.4) is 0 Å². The topological polar surface area (TPSA) is 173 Å². The van der Waals surface area contributed by atoms with E-state index in [1.807, 2.05) is 5.01 Å². The second kappa shape index (κ2) is 13.8. The number of piperidine rings is 1. The number of pyridine rings is 1. The van der Waals surface area contributed by atoms with Crippen LogP contribution in [-0.4, -0.2) is 52.0 Å². The van der Waals surface area contributed by atoms with Crippen LogP contribution in [0.5, 0.6) is 5.75 Å². The summed E-state index contributed by atoms with van der Waals surface area (Å²) in [7, 11) is -4.05. The minimum absolute atomic E-state index is 0.0523. The average molecular weight is 649 g/mol. The molecule has 43 heavy (non-hydrogen) atoms. The number of hydrogen-bond acceptors (Lipinski definition) is 10. The number of carbonyl (C=O) groups is 1. The van der Waals surface area contributed by atoms with Crippen molar-refractivity contribution in [2.75, 3.05) is 13.1 Å². The van der Waals surface area contributed by atoms with Gasteiger partial charge in [0.2, 0.25) is 0 Å². The highest BCUT2D eigenvalue weighted by Gasteiger charge is 2.25. The number of halogens is 2. The van der Waals surface area contributed by atoms with Crippen LogP contribution < -0.4 is 9.61 Å². The molecular weight excluding hydrogens is 623 g/mol. The standard InChI is InChI=1S/C27H25Cl2N5O4S.NO3/c1-18-25(27(35)32-33-14-3-2-4-15-33)31-26(23-12-7-19(28)16-24(23)29)34(18)20-8-10-21(11-9-20)38-39(36,37)22-6-5-13-30-17-22;2-1(3)4/h5-13,16-17H,2-4,14-15H2,1H3,(H,32,35);/q;-1. The number of hydrazine groups is 1. The molecule has 0 spiro atoms. The van der Waals surface area contributed by atoms with E-state index in [1.54, 1.807) is 41.8 Å². The summed E-state index contributed by atoms with van der Waals surface area (Å²) >= 11 is 12.7. The van der Waals surface area contributed by atoms with Crippen molar-refractivity contribution >= 4 is 39.2 Å². The Morgan fingerprint density at radius 3 is 2.33 bits per heavy atom. The van der Waals surface area contributed by atoms with Crippen molar-refractivity contribution in [3.63, 3.8) is 0 Å². The van der Waals surface area contributed by atoms with Gasteiger partial charge in [-0.2, -0.15) is 8.42 Å². The molecule has 1 fully saturated rings. The number of nitrogens with zero attached hydrogens (tertiary/aromatic N) is 5. The molecule has 1 amide bonds. The molecule has 2 aromatic heterocycles. The Labute approximate surface area is 256 Å². The molecule has 5 rings (SSSR count). The second-order valence-corrected chi connectivity index (χ2v) is 11.7. The maximum atomic E-state index is 13.3. The average Bonchev–Trinajstić information content (AvgIpc) is 3.30. The highest BCUT2D eigenvalue weighted by atomic mass is 35.5. The fourth-order valence-corrected chi connectivity index (χ4v) is 5.80. The molecule has 4 aromatic rings. The zero-order chi connectivity index (χ0) is 31.1. The molecule has 2 aromatic carbocycles. The van der Waals surface area contributed by atoms with E-state index in [2.05, 4.69) is 10.4 Å². The molecular formula is C27H25Cl2N6O7S-. The Morgan fingerprint density at radius 1 is 1.05 bits per heavy atom. The lowest BCUT2D eigenvalue weighted by molar-refractivity contribution is -0.402. The van der Waals surface area contributed by atoms with Crippen molar-refractivity contribution in [1.82, 2.24) is 25.0 Å². The molecule has 1 aliphatic rings. The quantitative estimate of drug-likeness (QED) is 0.159. The van der Waals surface area contributed by atoms with E-state index in [-0.39, 0.29) is 22.2 Å². The summed E-state index contributed by atoms with van der Waals surface area (Å²) in [6.45, 7) is 3.36. The van der Waals surface area contributed by atoms with Gasteiger partial charge in [0.15, 0.2) is 5.69 Å². The minimum atomic E-state index is -4.05. The van der Waals surface area contributed by atoms with Crippen molar-refractivity contribution in [2.45, 2.75) is 31.1 Å². The number of hydrogen-bond donors (Lipinski definition) is 1. The van der Waals surface area contributed by atoms with Crippen LogP contribution in [0.4, 0.5) is 0 Å². The van der Waals surface area contributed by atoms with Crippen LogP contribution >= 0.6 is 23.2 Å². The summed E-state index contributed by atoms with van der Waals surface area (Å²) in [6, 6.07) is 14.4. The van der Waals surface area contributed by atoms with Crippen LogP contribution in [0, 0.1) is 22.2 Å². The lowest BCUT2D eigenvalue weighted by atomic mass is 10.2. The summed E-state index contributed by atoms with van der Waals surface area (Å²) in [6.07, 6.45) is 5.88. The number of amides is 1. The summed E-state index contributed by atoms with van der Waals surface area (Å²) in [5, 5.41) is 17.5. The molecule has 0 bridgehead atoms. The monoisotopic (exact) mass is 647 g/mol. The number of carbonyl (C=O) groups excluding carboxylic acids is 1. The third kappa shape index (κ3) is 7.99. The first-order valence-corrected chi connectivity index (χ1v) is 15.0. The zero-order valence-corrected chi connectivity index (χ0v) is 25.0. The molecule has 13 nitrogen and oxygen atoms in total. The van der Waals surface area contributed by atoms with Crippen molar-refractivity contribution < 1.29 is 22.5 Å². The van der Waals surface area contributed by atoms with Gasteiger partial charge in [-0.25, -0.2) is 9.99 Å². The molecule has 16 heteroatoms. The number of benzene rings is 2. The molecule has 1 N–H and O–H groups in total. The molecule has 0 aliphatic carbocycles. The van der Waals surface area contributed by atoms with Gasteiger partial charge in [0, 0.05) is 41.8 Å². The second-order valence-electron chi connectivity index (χ2n) is 9.26. The molecule has 1 aliphatic heterocycles. The minimum Gasteiger partial charge on any atom is -0.379 e. The van der Waals surface area contributed by atoms with Crippen LogP contribution in [0.1, 0.15) is 35.4 Å².